The molecular formula is C8H8BNO4. The molecule has 0 bridgehead atoms. The molecule has 1 aromatic carbocycles. The first-order valence-electron chi connectivity index (χ1n) is 4.21. The van der Waals surface area contributed by atoms with Crippen LogP contribution < -0.4 is 5.46 Å². The molecule has 0 amide bonds. The maximum absolute atomic E-state index is 10.5. The third-order valence-electron chi connectivity index (χ3n) is 2.32. The summed E-state index contributed by atoms with van der Waals surface area (Å²) in [5, 5.41) is 19.9. The SMILES string of the molecule is C[C@H]1OB(O)c2cc([N+](=O)[O-])ccc21. The topological polar surface area (TPSA) is 72.6 Å². The minimum absolute atomic E-state index is 0.0273. The minimum Gasteiger partial charge on any atom is -0.423 e. The van der Waals surface area contributed by atoms with Crippen LogP contribution in [-0.2, 0) is 4.65 Å². The zero-order valence-electron chi connectivity index (χ0n) is 7.51. The standard InChI is InChI=1S/C8H8BNO4/c1-5-7-3-2-6(10(12)13)4-8(7)9(11)14-5/h2-5,11H,1H3/t5-/m1/s1. The summed E-state index contributed by atoms with van der Waals surface area (Å²) in [6, 6.07) is 4.38. The Morgan fingerprint density at radius 3 is 3.00 bits per heavy atom. The molecule has 0 fully saturated rings. The van der Waals surface area contributed by atoms with Gasteiger partial charge in [0.05, 0.1) is 11.0 Å². The van der Waals surface area contributed by atoms with Crippen LogP contribution in [0, 0.1) is 10.1 Å². The lowest BCUT2D eigenvalue weighted by Crippen LogP contribution is -2.28. The molecule has 1 atom stereocenters. The van der Waals surface area contributed by atoms with Crippen LogP contribution in [0.1, 0.15) is 18.6 Å². The van der Waals surface area contributed by atoms with Gasteiger partial charge >= 0.3 is 7.12 Å². The van der Waals surface area contributed by atoms with Crippen molar-refractivity contribution in [2.45, 2.75) is 13.0 Å². The first-order valence-corrected chi connectivity index (χ1v) is 4.21. The highest BCUT2D eigenvalue weighted by molar-refractivity contribution is 6.61. The predicted molar refractivity (Wildman–Crippen MR) is 50.2 cm³/mol. The summed E-state index contributed by atoms with van der Waals surface area (Å²) >= 11 is 0. The van der Waals surface area contributed by atoms with Gasteiger partial charge in [-0.05, 0) is 17.9 Å². The maximum atomic E-state index is 10.5. The Kier molecular flexibility index (Phi) is 2.01. The number of nitrogens with zero attached hydrogens (tertiary/aromatic N) is 1. The van der Waals surface area contributed by atoms with Crippen LogP contribution in [0.4, 0.5) is 5.69 Å². The third kappa shape index (κ3) is 1.28. The molecule has 1 aliphatic heterocycles. The van der Waals surface area contributed by atoms with Gasteiger partial charge in [-0.25, -0.2) is 0 Å². The van der Waals surface area contributed by atoms with Gasteiger partial charge in [-0.15, -0.1) is 0 Å². The number of benzene rings is 1. The average Bonchev–Trinajstić information content (AvgIpc) is 2.42. The van der Waals surface area contributed by atoms with Gasteiger partial charge in [-0.2, -0.15) is 0 Å². The fourth-order valence-corrected chi connectivity index (χ4v) is 1.60. The van der Waals surface area contributed by atoms with Crippen molar-refractivity contribution in [2.75, 3.05) is 0 Å². The van der Waals surface area contributed by atoms with Gasteiger partial charge < -0.3 is 9.68 Å². The zero-order chi connectivity index (χ0) is 10.3. The molecule has 0 aliphatic carbocycles. The van der Waals surface area contributed by atoms with Crippen molar-refractivity contribution >= 4 is 18.3 Å². The Bertz CT molecular complexity index is 395. The predicted octanol–water partition coefficient (Wildman–Crippen LogP) is 0.373. The van der Waals surface area contributed by atoms with E-state index in [1.165, 1.54) is 12.1 Å². The van der Waals surface area contributed by atoms with Crippen LogP contribution in [0.25, 0.3) is 0 Å². The fourth-order valence-electron chi connectivity index (χ4n) is 1.60. The summed E-state index contributed by atoms with van der Waals surface area (Å²) in [5.41, 5.74) is 1.27. The molecule has 0 saturated heterocycles. The van der Waals surface area contributed by atoms with E-state index in [9.17, 15) is 15.1 Å². The zero-order valence-corrected chi connectivity index (χ0v) is 7.51. The summed E-state index contributed by atoms with van der Waals surface area (Å²) in [6.45, 7) is 1.79. The van der Waals surface area contributed by atoms with Crippen LogP contribution >= 0.6 is 0 Å². The van der Waals surface area contributed by atoms with Crippen molar-refractivity contribution in [1.29, 1.82) is 0 Å². The Hall–Kier alpha value is -1.40. The molecule has 72 valence electrons. The van der Waals surface area contributed by atoms with Gasteiger partial charge in [0.1, 0.15) is 0 Å². The summed E-state index contributed by atoms with van der Waals surface area (Å²) in [7, 11) is -1.04. The number of hydrogen-bond donors (Lipinski definition) is 1. The van der Waals surface area contributed by atoms with E-state index < -0.39 is 12.0 Å². The molecule has 0 spiro atoms. The summed E-state index contributed by atoms with van der Waals surface area (Å²) in [6.07, 6.45) is -0.208. The van der Waals surface area contributed by atoms with Crippen molar-refractivity contribution in [3.05, 3.63) is 33.9 Å². The van der Waals surface area contributed by atoms with Crippen LogP contribution in [0.3, 0.4) is 0 Å². The molecule has 0 radical (unpaired) electrons. The van der Waals surface area contributed by atoms with Crippen molar-refractivity contribution in [3.63, 3.8) is 0 Å². The molecule has 2 rings (SSSR count). The average molecular weight is 193 g/mol. The number of nitro benzene ring substituents is 1. The van der Waals surface area contributed by atoms with Gasteiger partial charge in [0.25, 0.3) is 5.69 Å². The summed E-state index contributed by atoms with van der Waals surface area (Å²) < 4.78 is 5.10. The molecule has 6 heteroatoms. The molecule has 1 aliphatic rings. The van der Waals surface area contributed by atoms with Gasteiger partial charge in [0.15, 0.2) is 0 Å². The van der Waals surface area contributed by atoms with E-state index in [2.05, 4.69) is 0 Å². The maximum Gasteiger partial charge on any atom is 0.492 e. The molecule has 0 aromatic heterocycles. The highest BCUT2D eigenvalue weighted by Crippen LogP contribution is 2.24. The largest absolute Gasteiger partial charge is 0.492 e. The van der Waals surface area contributed by atoms with Crippen molar-refractivity contribution in [1.82, 2.24) is 0 Å². The smallest absolute Gasteiger partial charge is 0.423 e. The van der Waals surface area contributed by atoms with E-state index in [0.29, 0.717) is 5.46 Å². The van der Waals surface area contributed by atoms with Gasteiger partial charge in [0.2, 0.25) is 0 Å². The lowest BCUT2D eigenvalue weighted by Gasteiger charge is -2.02. The molecule has 1 N–H and O–H groups in total. The minimum atomic E-state index is -1.04. The summed E-state index contributed by atoms with van der Waals surface area (Å²) in [4.78, 5) is 9.98. The third-order valence-corrected chi connectivity index (χ3v) is 2.32. The molecule has 5 nitrogen and oxygen atoms in total. The highest BCUT2D eigenvalue weighted by Gasteiger charge is 2.33. The number of rotatable bonds is 1. The molecule has 0 saturated carbocycles. The van der Waals surface area contributed by atoms with E-state index in [4.69, 9.17) is 4.65 Å². The van der Waals surface area contributed by atoms with Crippen molar-refractivity contribution < 1.29 is 14.6 Å². The van der Waals surface area contributed by atoms with E-state index in [1.54, 1.807) is 13.0 Å². The van der Waals surface area contributed by atoms with E-state index >= 15 is 0 Å². The van der Waals surface area contributed by atoms with E-state index in [1.807, 2.05) is 0 Å². The second-order valence-electron chi connectivity index (χ2n) is 3.20. The number of non-ortho nitro benzene ring substituents is 1. The van der Waals surface area contributed by atoms with Crippen LogP contribution in [0.5, 0.6) is 0 Å². The summed E-state index contributed by atoms with van der Waals surface area (Å²) in [5.74, 6) is 0. The highest BCUT2D eigenvalue weighted by atomic mass is 16.6. The first kappa shape index (κ1) is 9.17. The van der Waals surface area contributed by atoms with Crippen LogP contribution in [-0.4, -0.2) is 17.1 Å². The van der Waals surface area contributed by atoms with Crippen molar-refractivity contribution in [2.24, 2.45) is 0 Å². The fraction of sp³-hybridized carbons (Fsp3) is 0.250. The lowest BCUT2D eigenvalue weighted by atomic mass is 9.79. The number of fused-ring (bicyclic) bond motifs is 1. The second-order valence-corrected chi connectivity index (χ2v) is 3.20. The molecular weight excluding hydrogens is 185 g/mol. The quantitative estimate of drug-likeness (QED) is 0.397. The first-order chi connectivity index (χ1) is 6.59. The van der Waals surface area contributed by atoms with E-state index in [0.717, 1.165) is 5.56 Å². The lowest BCUT2D eigenvalue weighted by molar-refractivity contribution is -0.384. The Balaban J connectivity index is 2.50. The molecule has 1 heterocycles. The van der Waals surface area contributed by atoms with Gasteiger partial charge in [-0.1, -0.05) is 6.07 Å². The number of hydrogen-bond acceptors (Lipinski definition) is 4. The van der Waals surface area contributed by atoms with Crippen LogP contribution in [0.2, 0.25) is 0 Å². The normalized spacial score (nSPS) is 19.6. The van der Waals surface area contributed by atoms with Gasteiger partial charge in [-0.3, -0.25) is 10.1 Å². The molecule has 0 unspecified atom stereocenters. The second kappa shape index (κ2) is 3.07. The van der Waals surface area contributed by atoms with E-state index in [-0.39, 0.29) is 11.8 Å². The monoisotopic (exact) mass is 193 g/mol. The van der Waals surface area contributed by atoms with Gasteiger partial charge in [0, 0.05) is 12.1 Å². The molecule has 14 heavy (non-hydrogen) atoms. The Labute approximate surface area is 80.6 Å². The molecule has 1 aromatic rings. The number of nitro groups is 1. The Morgan fingerprint density at radius 2 is 2.36 bits per heavy atom. The Morgan fingerprint density at radius 1 is 1.64 bits per heavy atom. The van der Waals surface area contributed by atoms with Crippen molar-refractivity contribution in [3.8, 4) is 0 Å². The van der Waals surface area contributed by atoms with Crippen LogP contribution in [0.15, 0.2) is 18.2 Å².